The van der Waals surface area contributed by atoms with E-state index in [-0.39, 0.29) is 11.6 Å². The van der Waals surface area contributed by atoms with Gasteiger partial charge < -0.3 is 5.11 Å². The Morgan fingerprint density at radius 3 is 2.11 bits per heavy atom. The van der Waals surface area contributed by atoms with Crippen molar-refractivity contribution in [1.29, 1.82) is 0 Å². The maximum absolute atomic E-state index is 10.8. The van der Waals surface area contributed by atoms with Gasteiger partial charge in [-0.05, 0) is 51.1 Å². The lowest BCUT2D eigenvalue weighted by molar-refractivity contribution is -0.0388. The summed E-state index contributed by atoms with van der Waals surface area (Å²) in [4.78, 5) is 2.59. The Hall–Kier alpha value is -0.0800. The molecule has 1 aliphatic carbocycles. The molecule has 2 heteroatoms. The molecule has 0 aromatic rings. The second-order valence-corrected chi connectivity index (χ2v) is 6.41. The number of aliphatic hydroxyl groups excluding tert-OH is 1. The van der Waals surface area contributed by atoms with Gasteiger partial charge in [-0.3, -0.25) is 4.90 Å². The largest absolute Gasteiger partial charge is 0.391 e. The van der Waals surface area contributed by atoms with E-state index in [1.807, 2.05) is 0 Å². The SMILES string of the molecule is CCC(CC)(C(O)CC1CCCC1)N1CCCC1. The Morgan fingerprint density at radius 2 is 1.61 bits per heavy atom. The first-order chi connectivity index (χ1) is 8.73. The number of hydrogen-bond acceptors (Lipinski definition) is 2. The first kappa shape index (κ1) is 14.3. The van der Waals surface area contributed by atoms with E-state index < -0.39 is 0 Å². The van der Waals surface area contributed by atoms with E-state index in [4.69, 9.17) is 0 Å². The van der Waals surface area contributed by atoms with Gasteiger partial charge in [0.2, 0.25) is 0 Å². The Balaban J connectivity index is 2.02. The Labute approximate surface area is 113 Å². The monoisotopic (exact) mass is 253 g/mol. The fraction of sp³-hybridized carbons (Fsp3) is 1.00. The molecule has 1 saturated heterocycles. The molecule has 1 saturated carbocycles. The van der Waals surface area contributed by atoms with Gasteiger partial charge in [0.05, 0.1) is 6.10 Å². The zero-order chi connectivity index (χ0) is 13.0. The van der Waals surface area contributed by atoms with Gasteiger partial charge in [-0.2, -0.15) is 0 Å². The molecule has 0 spiro atoms. The van der Waals surface area contributed by atoms with Gasteiger partial charge in [0.25, 0.3) is 0 Å². The summed E-state index contributed by atoms with van der Waals surface area (Å²) in [6.07, 6.45) is 11.2. The number of hydrogen-bond donors (Lipinski definition) is 1. The molecular weight excluding hydrogens is 222 g/mol. The van der Waals surface area contributed by atoms with Crippen molar-refractivity contribution in [2.24, 2.45) is 5.92 Å². The van der Waals surface area contributed by atoms with Crippen molar-refractivity contribution >= 4 is 0 Å². The average Bonchev–Trinajstić information content (AvgIpc) is 3.04. The van der Waals surface area contributed by atoms with E-state index in [0.717, 1.165) is 25.2 Å². The Bertz CT molecular complexity index is 237. The standard InChI is InChI=1S/C16H31NO/c1-3-16(4-2,17-11-7-8-12-17)15(18)13-14-9-5-6-10-14/h14-15,18H,3-13H2,1-2H3. The van der Waals surface area contributed by atoms with Gasteiger partial charge in [-0.25, -0.2) is 0 Å². The highest BCUT2D eigenvalue weighted by Gasteiger charge is 2.42. The van der Waals surface area contributed by atoms with Crippen molar-refractivity contribution in [1.82, 2.24) is 4.90 Å². The van der Waals surface area contributed by atoms with E-state index in [2.05, 4.69) is 18.7 Å². The van der Waals surface area contributed by atoms with Crippen LogP contribution in [0.1, 0.15) is 71.6 Å². The van der Waals surface area contributed by atoms with Gasteiger partial charge in [0, 0.05) is 5.54 Å². The van der Waals surface area contributed by atoms with Crippen LogP contribution in [0.3, 0.4) is 0 Å². The van der Waals surface area contributed by atoms with Crippen LogP contribution >= 0.6 is 0 Å². The smallest absolute Gasteiger partial charge is 0.0726 e. The van der Waals surface area contributed by atoms with Crippen LogP contribution in [0.15, 0.2) is 0 Å². The molecule has 1 aliphatic heterocycles. The number of aliphatic hydroxyl groups is 1. The summed E-state index contributed by atoms with van der Waals surface area (Å²) in [5.41, 5.74) is 0.0685. The third kappa shape index (κ3) is 2.75. The molecule has 2 aliphatic rings. The van der Waals surface area contributed by atoms with Crippen molar-refractivity contribution in [3.05, 3.63) is 0 Å². The normalized spacial score (nSPS) is 24.8. The van der Waals surface area contributed by atoms with Crippen LogP contribution in [-0.2, 0) is 0 Å². The lowest BCUT2D eigenvalue weighted by atomic mass is 9.80. The highest BCUT2D eigenvalue weighted by atomic mass is 16.3. The predicted molar refractivity (Wildman–Crippen MR) is 76.7 cm³/mol. The van der Waals surface area contributed by atoms with Crippen LogP contribution in [0.5, 0.6) is 0 Å². The van der Waals surface area contributed by atoms with Gasteiger partial charge in [-0.1, -0.05) is 39.5 Å². The molecular formula is C16H31NO. The highest BCUT2D eigenvalue weighted by Crippen LogP contribution is 2.37. The molecule has 1 unspecified atom stereocenters. The molecule has 0 bridgehead atoms. The number of nitrogens with zero attached hydrogens (tertiary/aromatic N) is 1. The van der Waals surface area contributed by atoms with Crippen molar-refractivity contribution in [3.63, 3.8) is 0 Å². The third-order valence-corrected chi connectivity index (χ3v) is 5.61. The zero-order valence-corrected chi connectivity index (χ0v) is 12.3. The van der Waals surface area contributed by atoms with Crippen LogP contribution in [0.25, 0.3) is 0 Å². The van der Waals surface area contributed by atoms with Gasteiger partial charge in [-0.15, -0.1) is 0 Å². The van der Waals surface area contributed by atoms with Crippen LogP contribution in [-0.4, -0.2) is 34.7 Å². The lowest BCUT2D eigenvalue weighted by Gasteiger charge is -2.45. The van der Waals surface area contributed by atoms with Crippen molar-refractivity contribution in [2.75, 3.05) is 13.1 Å². The van der Waals surface area contributed by atoms with E-state index in [0.29, 0.717) is 0 Å². The molecule has 106 valence electrons. The topological polar surface area (TPSA) is 23.5 Å². The number of rotatable bonds is 6. The van der Waals surface area contributed by atoms with Crippen LogP contribution in [0.4, 0.5) is 0 Å². The maximum atomic E-state index is 10.8. The van der Waals surface area contributed by atoms with Crippen LogP contribution in [0.2, 0.25) is 0 Å². The molecule has 0 aromatic heterocycles. The molecule has 1 atom stereocenters. The molecule has 2 fully saturated rings. The molecule has 2 rings (SSSR count). The molecule has 18 heavy (non-hydrogen) atoms. The highest BCUT2D eigenvalue weighted by molar-refractivity contribution is 4.97. The molecule has 1 heterocycles. The fourth-order valence-corrected chi connectivity index (χ4v) is 4.32. The van der Waals surface area contributed by atoms with Crippen molar-refractivity contribution in [3.8, 4) is 0 Å². The predicted octanol–water partition coefficient (Wildman–Crippen LogP) is 3.58. The molecule has 2 nitrogen and oxygen atoms in total. The summed E-state index contributed by atoms with van der Waals surface area (Å²) in [6.45, 7) is 6.92. The summed E-state index contributed by atoms with van der Waals surface area (Å²) in [5.74, 6) is 0.792. The minimum atomic E-state index is -0.117. The van der Waals surface area contributed by atoms with Gasteiger partial charge >= 0.3 is 0 Å². The summed E-state index contributed by atoms with van der Waals surface area (Å²) < 4.78 is 0. The first-order valence-corrected chi connectivity index (χ1v) is 8.16. The molecule has 0 amide bonds. The minimum Gasteiger partial charge on any atom is -0.391 e. The molecule has 0 radical (unpaired) electrons. The minimum absolute atomic E-state index is 0.0685. The van der Waals surface area contributed by atoms with Gasteiger partial charge in [0.15, 0.2) is 0 Å². The maximum Gasteiger partial charge on any atom is 0.0726 e. The van der Waals surface area contributed by atoms with E-state index in [9.17, 15) is 5.11 Å². The summed E-state index contributed by atoms with van der Waals surface area (Å²) in [6, 6.07) is 0. The van der Waals surface area contributed by atoms with Crippen molar-refractivity contribution in [2.45, 2.75) is 83.3 Å². The molecule has 0 aromatic carbocycles. The Morgan fingerprint density at radius 1 is 1.06 bits per heavy atom. The van der Waals surface area contributed by atoms with Crippen molar-refractivity contribution < 1.29 is 5.11 Å². The number of likely N-dealkylation sites (tertiary alicyclic amines) is 1. The average molecular weight is 253 g/mol. The van der Waals surface area contributed by atoms with E-state index in [1.165, 1.54) is 51.6 Å². The zero-order valence-electron chi connectivity index (χ0n) is 12.3. The molecule has 1 N–H and O–H groups in total. The summed E-state index contributed by atoms with van der Waals surface area (Å²) in [5, 5.41) is 10.8. The van der Waals surface area contributed by atoms with Crippen LogP contribution in [0, 0.1) is 5.92 Å². The van der Waals surface area contributed by atoms with E-state index in [1.54, 1.807) is 0 Å². The summed E-state index contributed by atoms with van der Waals surface area (Å²) >= 11 is 0. The first-order valence-electron chi connectivity index (χ1n) is 8.16. The van der Waals surface area contributed by atoms with E-state index >= 15 is 0 Å². The second kappa shape index (κ2) is 6.38. The third-order valence-electron chi connectivity index (χ3n) is 5.61. The fourth-order valence-electron chi connectivity index (χ4n) is 4.32. The summed E-state index contributed by atoms with van der Waals surface area (Å²) in [7, 11) is 0. The van der Waals surface area contributed by atoms with Crippen LogP contribution < -0.4 is 0 Å². The second-order valence-electron chi connectivity index (χ2n) is 6.41. The lowest BCUT2D eigenvalue weighted by Crippen LogP contribution is -2.55. The Kier molecular flexibility index (Phi) is 5.08. The van der Waals surface area contributed by atoms with Gasteiger partial charge in [0.1, 0.15) is 0 Å². The quantitative estimate of drug-likeness (QED) is 0.782.